The molecule has 0 heterocycles. The third-order valence-corrected chi connectivity index (χ3v) is 2.72. The van der Waals surface area contributed by atoms with Crippen LogP contribution in [0.25, 0.3) is 0 Å². The van der Waals surface area contributed by atoms with Crippen LogP contribution in [0.15, 0.2) is 34.3 Å². The SMILES string of the molecule is CO/N=C(\C)c1cccc(S(N)(=O)=O)c1. The monoisotopic (exact) mass is 228 g/mol. The second-order valence-corrected chi connectivity index (χ2v) is 4.49. The van der Waals surface area contributed by atoms with Gasteiger partial charge in [0, 0.05) is 5.56 Å². The molecule has 0 spiro atoms. The van der Waals surface area contributed by atoms with E-state index in [2.05, 4.69) is 9.99 Å². The van der Waals surface area contributed by atoms with Crippen LogP contribution in [-0.2, 0) is 14.9 Å². The Bertz CT molecular complexity index is 480. The largest absolute Gasteiger partial charge is 0.399 e. The number of primary sulfonamides is 1. The molecule has 0 bridgehead atoms. The Labute approximate surface area is 88.6 Å². The van der Waals surface area contributed by atoms with Crippen molar-refractivity contribution in [3.05, 3.63) is 29.8 Å². The molecule has 6 heteroatoms. The van der Waals surface area contributed by atoms with Crippen molar-refractivity contribution >= 4 is 15.7 Å². The fourth-order valence-electron chi connectivity index (χ4n) is 1.09. The zero-order valence-electron chi connectivity index (χ0n) is 8.47. The van der Waals surface area contributed by atoms with Crippen LogP contribution in [0.4, 0.5) is 0 Å². The molecule has 82 valence electrons. The third-order valence-electron chi connectivity index (χ3n) is 1.81. The Hall–Kier alpha value is -1.40. The lowest BCUT2D eigenvalue weighted by Gasteiger charge is -2.02. The van der Waals surface area contributed by atoms with Gasteiger partial charge in [-0.05, 0) is 19.1 Å². The van der Waals surface area contributed by atoms with Crippen molar-refractivity contribution in [2.75, 3.05) is 7.11 Å². The first kappa shape index (κ1) is 11.7. The van der Waals surface area contributed by atoms with Gasteiger partial charge >= 0.3 is 0 Å². The highest BCUT2D eigenvalue weighted by Gasteiger charge is 2.08. The number of nitrogens with two attached hydrogens (primary N) is 1. The molecular formula is C9H12N2O3S. The highest BCUT2D eigenvalue weighted by atomic mass is 32.2. The van der Waals surface area contributed by atoms with Crippen LogP contribution in [0.5, 0.6) is 0 Å². The van der Waals surface area contributed by atoms with Gasteiger partial charge in [0.25, 0.3) is 0 Å². The molecule has 1 rings (SSSR count). The Morgan fingerprint density at radius 1 is 1.47 bits per heavy atom. The molecule has 2 N–H and O–H groups in total. The summed E-state index contributed by atoms with van der Waals surface area (Å²) in [6.07, 6.45) is 0. The van der Waals surface area contributed by atoms with E-state index >= 15 is 0 Å². The number of hydrogen-bond acceptors (Lipinski definition) is 4. The molecule has 0 aromatic heterocycles. The van der Waals surface area contributed by atoms with Gasteiger partial charge in [-0.3, -0.25) is 0 Å². The van der Waals surface area contributed by atoms with Gasteiger partial charge < -0.3 is 4.84 Å². The van der Waals surface area contributed by atoms with Gasteiger partial charge in [0.15, 0.2) is 0 Å². The van der Waals surface area contributed by atoms with Crippen LogP contribution in [0, 0.1) is 0 Å². The molecule has 0 radical (unpaired) electrons. The lowest BCUT2D eigenvalue weighted by atomic mass is 10.1. The standard InChI is InChI=1S/C9H12N2O3S/c1-7(11-14-2)8-4-3-5-9(6-8)15(10,12)13/h3-6H,1-2H3,(H2,10,12,13)/b11-7+. The second-order valence-electron chi connectivity index (χ2n) is 2.93. The van der Waals surface area contributed by atoms with Gasteiger partial charge in [-0.1, -0.05) is 17.3 Å². The molecule has 0 aliphatic carbocycles. The highest BCUT2D eigenvalue weighted by Crippen LogP contribution is 2.10. The van der Waals surface area contributed by atoms with Crippen LogP contribution in [-0.4, -0.2) is 21.2 Å². The number of sulfonamides is 1. The maximum absolute atomic E-state index is 11.1. The summed E-state index contributed by atoms with van der Waals surface area (Å²) in [4.78, 5) is 4.65. The number of rotatable bonds is 3. The van der Waals surface area contributed by atoms with Crippen LogP contribution < -0.4 is 5.14 Å². The van der Waals surface area contributed by atoms with Crippen LogP contribution in [0.2, 0.25) is 0 Å². The number of benzene rings is 1. The molecule has 0 amide bonds. The normalized spacial score (nSPS) is 12.6. The average Bonchev–Trinajstić information content (AvgIpc) is 2.17. The molecule has 0 fully saturated rings. The maximum Gasteiger partial charge on any atom is 0.238 e. The minimum atomic E-state index is -3.67. The summed E-state index contributed by atoms with van der Waals surface area (Å²) in [5, 5.41) is 8.70. The van der Waals surface area contributed by atoms with Crippen molar-refractivity contribution < 1.29 is 13.3 Å². The maximum atomic E-state index is 11.1. The summed E-state index contributed by atoms with van der Waals surface area (Å²) >= 11 is 0. The van der Waals surface area contributed by atoms with Gasteiger partial charge in [-0.2, -0.15) is 0 Å². The molecule has 0 aliphatic rings. The first-order valence-electron chi connectivity index (χ1n) is 4.16. The van der Waals surface area contributed by atoms with E-state index in [0.717, 1.165) is 0 Å². The molecule has 1 aromatic rings. The van der Waals surface area contributed by atoms with Crippen molar-refractivity contribution in [3.8, 4) is 0 Å². The minimum Gasteiger partial charge on any atom is -0.399 e. The van der Waals surface area contributed by atoms with Crippen molar-refractivity contribution in [3.63, 3.8) is 0 Å². The van der Waals surface area contributed by atoms with E-state index < -0.39 is 10.0 Å². The highest BCUT2D eigenvalue weighted by molar-refractivity contribution is 7.89. The van der Waals surface area contributed by atoms with Gasteiger partial charge in [0.05, 0.1) is 10.6 Å². The van der Waals surface area contributed by atoms with E-state index in [1.54, 1.807) is 19.1 Å². The molecular weight excluding hydrogens is 216 g/mol. The van der Waals surface area contributed by atoms with Crippen molar-refractivity contribution in [2.24, 2.45) is 10.3 Å². The lowest BCUT2D eigenvalue weighted by Crippen LogP contribution is -2.12. The Balaban J connectivity index is 3.20. The molecule has 0 saturated heterocycles. The topological polar surface area (TPSA) is 81.8 Å². The van der Waals surface area contributed by atoms with Crippen LogP contribution >= 0.6 is 0 Å². The summed E-state index contributed by atoms with van der Waals surface area (Å²) in [6, 6.07) is 6.21. The minimum absolute atomic E-state index is 0.0608. The predicted octanol–water partition coefficient (Wildman–Crippen LogP) is 0.704. The first-order chi connectivity index (χ1) is 6.95. The second kappa shape index (κ2) is 4.41. The van der Waals surface area contributed by atoms with Crippen molar-refractivity contribution in [2.45, 2.75) is 11.8 Å². The Morgan fingerprint density at radius 3 is 2.67 bits per heavy atom. The number of oxime groups is 1. The van der Waals surface area contributed by atoms with Crippen LogP contribution in [0.3, 0.4) is 0 Å². The van der Waals surface area contributed by atoms with E-state index in [0.29, 0.717) is 11.3 Å². The fraction of sp³-hybridized carbons (Fsp3) is 0.222. The van der Waals surface area contributed by atoms with E-state index in [-0.39, 0.29) is 4.90 Å². The molecule has 5 nitrogen and oxygen atoms in total. The van der Waals surface area contributed by atoms with E-state index in [1.165, 1.54) is 19.2 Å². The predicted molar refractivity (Wildman–Crippen MR) is 57.0 cm³/mol. The lowest BCUT2D eigenvalue weighted by molar-refractivity contribution is 0.213. The zero-order valence-corrected chi connectivity index (χ0v) is 9.28. The zero-order chi connectivity index (χ0) is 11.5. The van der Waals surface area contributed by atoms with E-state index in [1.807, 2.05) is 0 Å². The average molecular weight is 228 g/mol. The van der Waals surface area contributed by atoms with Gasteiger partial charge in [-0.15, -0.1) is 0 Å². The Kier molecular flexibility index (Phi) is 3.43. The summed E-state index contributed by atoms with van der Waals surface area (Å²) in [5.74, 6) is 0. The summed E-state index contributed by atoms with van der Waals surface area (Å²) < 4.78 is 22.1. The quantitative estimate of drug-likeness (QED) is 0.610. The van der Waals surface area contributed by atoms with E-state index in [9.17, 15) is 8.42 Å². The molecule has 15 heavy (non-hydrogen) atoms. The first-order valence-corrected chi connectivity index (χ1v) is 5.71. The molecule has 0 saturated carbocycles. The number of nitrogens with zero attached hydrogens (tertiary/aromatic N) is 1. The summed E-state index contributed by atoms with van der Waals surface area (Å²) in [6.45, 7) is 1.71. The fourth-order valence-corrected chi connectivity index (χ4v) is 1.65. The molecule has 1 aromatic carbocycles. The van der Waals surface area contributed by atoms with E-state index in [4.69, 9.17) is 5.14 Å². The van der Waals surface area contributed by atoms with Gasteiger partial charge in [-0.25, -0.2) is 13.6 Å². The van der Waals surface area contributed by atoms with Gasteiger partial charge in [0.1, 0.15) is 7.11 Å². The molecule has 0 unspecified atom stereocenters. The van der Waals surface area contributed by atoms with Crippen molar-refractivity contribution in [1.82, 2.24) is 0 Å². The van der Waals surface area contributed by atoms with Gasteiger partial charge in [0.2, 0.25) is 10.0 Å². The summed E-state index contributed by atoms with van der Waals surface area (Å²) in [5.41, 5.74) is 1.24. The molecule has 0 aliphatic heterocycles. The summed E-state index contributed by atoms with van der Waals surface area (Å²) in [7, 11) is -2.25. The van der Waals surface area contributed by atoms with Crippen LogP contribution in [0.1, 0.15) is 12.5 Å². The number of hydrogen-bond donors (Lipinski definition) is 1. The smallest absolute Gasteiger partial charge is 0.238 e. The molecule has 0 atom stereocenters. The van der Waals surface area contributed by atoms with Crippen molar-refractivity contribution in [1.29, 1.82) is 0 Å². The third kappa shape index (κ3) is 3.03. The Morgan fingerprint density at radius 2 is 2.13 bits per heavy atom.